The number of nitrogens with zero attached hydrogens (tertiary/aromatic N) is 3. The normalized spacial score (nSPS) is 13.4. The Morgan fingerprint density at radius 2 is 1.97 bits per heavy atom. The average molecular weight is 422 g/mol. The van der Waals surface area contributed by atoms with Crippen LogP contribution in [0, 0.1) is 5.82 Å². The molecule has 1 N–H and O–H groups in total. The molecule has 0 atom stereocenters. The van der Waals surface area contributed by atoms with Crippen molar-refractivity contribution in [2.75, 3.05) is 19.0 Å². The van der Waals surface area contributed by atoms with E-state index in [1.165, 1.54) is 24.4 Å². The largest absolute Gasteiger partial charge is 0.380 e. The standard InChI is InChI=1S/C23H23FN4O3/c1-31-15-16-6-8-17(9-7-16)23(30)27-10-3-11-28-21(14-27)20(13-25-28)22(29)26-19-5-2-4-18(24)12-19/h2,4-9,12-13H,3,10-11,14-15H2,1H3,(H,26,29). The van der Waals surface area contributed by atoms with Crippen LogP contribution in [0.15, 0.2) is 54.7 Å². The van der Waals surface area contributed by atoms with Gasteiger partial charge in [0.05, 0.1) is 30.6 Å². The second-order valence-corrected chi connectivity index (χ2v) is 7.40. The summed E-state index contributed by atoms with van der Waals surface area (Å²) in [6, 6.07) is 13.0. The number of rotatable bonds is 5. The number of carbonyl (C=O) groups is 2. The lowest BCUT2D eigenvalue weighted by molar-refractivity contribution is 0.0744. The summed E-state index contributed by atoms with van der Waals surface area (Å²) < 4.78 is 20.3. The summed E-state index contributed by atoms with van der Waals surface area (Å²) in [6.07, 6.45) is 2.23. The predicted molar refractivity (Wildman–Crippen MR) is 113 cm³/mol. The topological polar surface area (TPSA) is 76.5 Å². The van der Waals surface area contributed by atoms with Gasteiger partial charge < -0.3 is 15.0 Å². The average Bonchev–Trinajstić information content (AvgIpc) is 3.04. The van der Waals surface area contributed by atoms with E-state index in [1.807, 2.05) is 12.1 Å². The zero-order valence-corrected chi connectivity index (χ0v) is 17.2. The van der Waals surface area contributed by atoms with Crippen molar-refractivity contribution in [3.8, 4) is 0 Å². The van der Waals surface area contributed by atoms with Crippen molar-refractivity contribution in [2.45, 2.75) is 26.1 Å². The van der Waals surface area contributed by atoms with Gasteiger partial charge in [-0.05, 0) is 42.3 Å². The van der Waals surface area contributed by atoms with Crippen LogP contribution in [-0.4, -0.2) is 40.1 Å². The number of nitrogens with one attached hydrogen (secondary N) is 1. The molecule has 1 aromatic heterocycles. The molecule has 4 rings (SSSR count). The van der Waals surface area contributed by atoms with Crippen LogP contribution in [0.4, 0.5) is 10.1 Å². The Bertz CT molecular complexity index is 1090. The number of anilines is 1. The third kappa shape index (κ3) is 4.64. The molecule has 0 aliphatic carbocycles. The van der Waals surface area contributed by atoms with Gasteiger partial charge in [0.15, 0.2) is 0 Å². The Morgan fingerprint density at radius 3 is 2.71 bits per heavy atom. The number of aryl methyl sites for hydroxylation is 1. The molecule has 0 radical (unpaired) electrons. The highest BCUT2D eigenvalue weighted by Gasteiger charge is 2.25. The lowest BCUT2D eigenvalue weighted by atomic mass is 10.1. The van der Waals surface area contributed by atoms with E-state index < -0.39 is 5.82 Å². The van der Waals surface area contributed by atoms with Crippen LogP contribution in [0.1, 0.15) is 38.4 Å². The molecule has 0 fully saturated rings. The Kier molecular flexibility index (Phi) is 6.08. The van der Waals surface area contributed by atoms with Crippen molar-refractivity contribution in [3.05, 3.63) is 82.9 Å². The maximum atomic E-state index is 13.4. The van der Waals surface area contributed by atoms with E-state index in [0.717, 1.165) is 12.0 Å². The quantitative estimate of drug-likeness (QED) is 0.683. The minimum Gasteiger partial charge on any atom is -0.380 e. The minimum absolute atomic E-state index is 0.102. The van der Waals surface area contributed by atoms with E-state index in [-0.39, 0.29) is 18.4 Å². The highest BCUT2D eigenvalue weighted by molar-refractivity contribution is 6.05. The number of halogens is 1. The zero-order valence-electron chi connectivity index (χ0n) is 17.2. The highest BCUT2D eigenvalue weighted by atomic mass is 19.1. The molecule has 31 heavy (non-hydrogen) atoms. The summed E-state index contributed by atoms with van der Waals surface area (Å²) >= 11 is 0. The van der Waals surface area contributed by atoms with Gasteiger partial charge in [0, 0.05) is 31.5 Å². The van der Waals surface area contributed by atoms with Crippen LogP contribution in [0.25, 0.3) is 0 Å². The molecule has 7 nitrogen and oxygen atoms in total. The first kappa shape index (κ1) is 20.7. The summed E-state index contributed by atoms with van der Waals surface area (Å²) in [5.74, 6) is -0.917. The van der Waals surface area contributed by atoms with Gasteiger partial charge in [-0.2, -0.15) is 5.10 Å². The highest BCUT2D eigenvalue weighted by Crippen LogP contribution is 2.20. The second kappa shape index (κ2) is 9.09. The maximum absolute atomic E-state index is 13.4. The molecule has 2 aromatic carbocycles. The number of hydrogen-bond acceptors (Lipinski definition) is 4. The fraction of sp³-hybridized carbons (Fsp3) is 0.261. The van der Waals surface area contributed by atoms with Gasteiger partial charge in [0.1, 0.15) is 5.82 Å². The monoisotopic (exact) mass is 422 g/mol. The van der Waals surface area contributed by atoms with E-state index in [1.54, 1.807) is 34.9 Å². The summed E-state index contributed by atoms with van der Waals surface area (Å²) in [7, 11) is 1.63. The van der Waals surface area contributed by atoms with Crippen LogP contribution in [0.3, 0.4) is 0 Å². The molecule has 0 saturated carbocycles. The molecular weight excluding hydrogens is 399 g/mol. The third-order valence-corrected chi connectivity index (χ3v) is 5.21. The number of hydrogen-bond donors (Lipinski definition) is 1. The van der Waals surface area contributed by atoms with Crippen LogP contribution in [0.2, 0.25) is 0 Å². The zero-order chi connectivity index (χ0) is 21.8. The van der Waals surface area contributed by atoms with Crippen molar-refractivity contribution >= 4 is 17.5 Å². The molecule has 1 aliphatic heterocycles. The summed E-state index contributed by atoms with van der Waals surface area (Å²) in [5.41, 5.74) is 2.97. The minimum atomic E-state index is -0.431. The van der Waals surface area contributed by atoms with Gasteiger partial charge in [-0.3, -0.25) is 14.3 Å². The lowest BCUT2D eigenvalue weighted by Crippen LogP contribution is -2.31. The molecule has 0 bridgehead atoms. The molecular formula is C23H23FN4O3. The Balaban J connectivity index is 1.53. The fourth-order valence-electron chi connectivity index (χ4n) is 3.66. The fourth-order valence-corrected chi connectivity index (χ4v) is 3.66. The SMILES string of the molecule is COCc1ccc(C(=O)N2CCCn3ncc(C(=O)Nc4cccc(F)c4)c3C2)cc1. The van der Waals surface area contributed by atoms with Gasteiger partial charge in [0.2, 0.25) is 0 Å². The van der Waals surface area contributed by atoms with Gasteiger partial charge in [-0.1, -0.05) is 18.2 Å². The van der Waals surface area contributed by atoms with E-state index in [2.05, 4.69) is 10.4 Å². The van der Waals surface area contributed by atoms with Crippen LogP contribution < -0.4 is 5.32 Å². The number of methoxy groups -OCH3 is 1. The first-order valence-corrected chi connectivity index (χ1v) is 10.0. The Hall–Kier alpha value is -3.52. The molecule has 2 amide bonds. The number of amides is 2. The molecule has 8 heteroatoms. The predicted octanol–water partition coefficient (Wildman–Crippen LogP) is 3.47. The third-order valence-electron chi connectivity index (χ3n) is 5.21. The Labute approximate surface area is 179 Å². The number of carbonyl (C=O) groups excluding carboxylic acids is 2. The van der Waals surface area contributed by atoms with E-state index >= 15 is 0 Å². The lowest BCUT2D eigenvalue weighted by Gasteiger charge is -2.21. The molecule has 1 aliphatic rings. The van der Waals surface area contributed by atoms with Gasteiger partial charge in [0.25, 0.3) is 11.8 Å². The van der Waals surface area contributed by atoms with Crippen LogP contribution in [-0.2, 0) is 24.4 Å². The van der Waals surface area contributed by atoms with Crippen molar-refractivity contribution in [1.82, 2.24) is 14.7 Å². The van der Waals surface area contributed by atoms with E-state index in [9.17, 15) is 14.0 Å². The van der Waals surface area contributed by atoms with Gasteiger partial charge >= 0.3 is 0 Å². The molecule has 0 spiro atoms. The molecule has 0 saturated heterocycles. The van der Waals surface area contributed by atoms with Gasteiger partial charge in [-0.15, -0.1) is 0 Å². The second-order valence-electron chi connectivity index (χ2n) is 7.40. The number of benzene rings is 2. The molecule has 3 aromatic rings. The smallest absolute Gasteiger partial charge is 0.259 e. The van der Waals surface area contributed by atoms with Crippen LogP contribution >= 0.6 is 0 Å². The van der Waals surface area contributed by atoms with E-state index in [4.69, 9.17) is 4.74 Å². The number of ether oxygens (including phenoxy) is 1. The van der Waals surface area contributed by atoms with Gasteiger partial charge in [-0.25, -0.2) is 4.39 Å². The molecule has 160 valence electrons. The number of fused-ring (bicyclic) bond motifs is 1. The van der Waals surface area contributed by atoms with Crippen LogP contribution in [0.5, 0.6) is 0 Å². The molecule has 0 unspecified atom stereocenters. The first-order chi connectivity index (χ1) is 15.0. The van der Waals surface area contributed by atoms with E-state index in [0.29, 0.717) is 42.2 Å². The molecule has 2 heterocycles. The summed E-state index contributed by atoms with van der Waals surface area (Å²) in [5, 5.41) is 7.03. The maximum Gasteiger partial charge on any atom is 0.259 e. The summed E-state index contributed by atoms with van der Waals surface area (Å²) in [4.78, 5) is 27.6. The van der Waals surface area contributed by atoms with Crippen molar-refractivity contribution in [2.24, 2.45) is 0 Å². The Morgan fingerprint density at radius 1 is 1.16 bits per heavy atom. The number of aromatic nitrogens is 2. The first-order valence-electron chi connectivity index (χ1n) is 10.0. The van der Waals surface area contributed by atoms with Crippen molar-refractivity contribution in [3.63, 3.8) is 0 Å². The van der Waals surface area contributed by atoms with Crippen molar-refractivity contribution < 1.29 is 18.7 Å². The van der Waals surface area contributed by atoms with Crippen molar-refractivity contribution in [1.29, 1.82) is 0 Å². The summed E-state index contributed by atoms with van der Waals surface area (Å²) in [6.45, 7) is 1.93.